The van der Waals surface area contributed by atoms with Gasteiger partial charge in [0.2, 0.25) is 0 Å². The average Bonchev–Trinajstić information content (AvgIpc) is 3.25. The molecule has 186 valence electrons. The zero-order valence-corrected chi connectivity index (χ0v) is 20.9. The number of nitrogens with one attached hydrogen (secondary N) is 1. The molecule has 4 aromatic rings. The Kier molecular flexibility index (Phi) is 6.80. The van der Waals surface area contributed by atoms with E-state index in [1.165, 1.54) is 33.5 Å². The van der Waals surface area contributed by atoms with Gasteiger partial charge in [-0.15, -0.1) is 0 Å². The first-order valence-corrected chi connectivity index (χ1v) is 12.4. The van der Waals surface area contributed by atoms with Gasteiger partial charge in [-0.05, 0) is 61.7 Å². The number of aromatic nitrogens is 2. The highest BCUT2D eigenvalue weighted by molar-refractivity contribution is 5.98. The predicted molar refractivity (Wildman–Crippen MR) is 140 cm³/mol. The van der Waals surface area contributed by atoms with Crippen molar-refractivity contribution in [3.63, 3.8) is 0 Å². The van der Waals surface area contributed by atoms with Crippen LogP contribution in [0.4, 0.5) is 5.82 Å². The molecule has 1 aliphatic carbocycles. The molecule has 0 unspecified atom stereocenters. The smallest absolute Gasteiger partial charge is 0.351 e. The summed E-state index contributed by atoms with van der Waals surface area (Å²) in [6, 6.07) is 17.2. The number of fused-ring (bicyclic) bond motifs is 1. The lowest BCUT2D eigenvalue weighted by Gasteiger charge is -2.24. The molecule has 1 saturated carbocycles. The van der Waals surface area contributed by atoms with Crippen LogP contribution < -0.4 is 19.5 Å². The van der Waals surface area contributed by atoms with Crippen LogP contribution >= 0.6 is 0 Å². The number of carbonyl (C=O) groups excluding carboxylic acids is 1. The van der Waals surface area contributed by atoms with E-state index in [2.05, 4.69) is 28.8 Å². The highest BCUT2D eigenvalue weighted by atomic mass is 16.5. The largest absolute Gasteiger partial charge is 0.496 e. The third-order valence-electron chi connectivity index (χ3n) is 6.70. The number of anilines is 1. The van der Waals surface area contributed by atoms with Crippen LogP contribution in [-0.2, 0) is 0 Å². The molecule has 0 spiro atoms. The fraction of sp³-hybridized carbons (Fsp3) is 0.310. The van der Waals surface area contributed by atoms with E-state index in [0.29, 0.717) is 23.3 Å². The second-order valence-electron chi connectivity index (χ2n) is 9.14. The molecule has 2 heterocycles. The van der Waals surface area contributed by atoms with Gasteiger partial charge >= 0.3 is 5.97 Å². The number of nitrogens with zero attached hydrogens (tertiary/aromatic N) is 2. The molecule has 1 N–H and O–H groups in total. The SMILES string of the molecule is COc1cccc(OC)c1C(=O)Oc1ccccc1-c1nc2cc(C)ccn2c1NC1CCCCC1. The van der Waals surface area contributed by atoms with Crippen LogP contribution in [0.25, 0.3) is 16.9 Å². The monoisotopic (exact) mass is 485 g/mol. The number of methoxy groups -OCH3 is 2. The van der Waals surface area contributed by atoms with Crippen LogP contribution in [0.5, 0.6) is 17.2 Å². The summed E-state index contributed by atoms with van der Waals surface area (Å²) in [4.78, 5) is 18.3. The summed E-state index contributed by atoms with van der Waals surface area (Å²) in [6.45, 7) is 2.05. The van der Waals surface area contributed by atoms with E-state index in [1.807, 2.05) is 24.4 Å². The highest BCUT2D eigenvalue weighted by Crippen LogP contribution is 2.38. The number of benzene rings is 2. The van der Waals surface area contributed by atoms with Crippen LogP contribution in [0.2, 0.25) is 0 Å². The topological polar surface area (TPSA) is 74.1 Å². The molecule has 7 heteroatoms. The quantitative estimate of drug-likeness (QED) is 0.245. The van der Waals surface area contributed by atoms with Gasteiger partial charge in [0.05, 0.1) is 14.2 Å². The van der Waals surface area contributed by atoms with Gasteiger partial charge < -0.3 is 19.5 Å². The minimum atomic E-state index is -0.557. The second-order valence-corrected chi connectivity index (χ2v) is 9.14. The first kappa shape index (κ1) is 23.7. The van der Waals surface area contributed by atoms with Crippen molar-refractivity contribution in [1.82, 2.24) is 9.38 Å². The summed E-state index contributed by atoms with van der Waals surface area (Å²) in [5.41, 5.74) is 3.70. The number of imidazole rings is 1. The van der Waals surface area contributed by atoms with Crippen molar-refractivity contribution in [2.24, 2.45) is 0 Å². The molecule has 0 aliphatic heterocycles. The van der Waals surface area contributed by atoms with Crippen molar-refractivity contribution in [3.8, 4) is 28.5 Å². The van der Waals surface area contributed by atoms with E-state index in [4.69, 9.17) is 19.2 Å². The minimum Gasteiger partial charge on any atom is -0.496 e. The van der Waals surface area contributed by atoms with Gasteiger partial charge in [0, 0.05) is 17.8 Å². The van der Waals surface area contributed by atoms with E-state index < -0.39 is 5.97 Å². The Balaban J connectivity index is 1.57. The fourth-order valence-corrected chi connectivity index (χ4v) is 4.87. The number of rotatable bonds is 7. The first-order valence-electron chi connectivity index (χ1n) is 12.4. The Morgan fingerprint density at radius 1 is 0.944 bits per heavy atom. The number of esters is 1. The van der Waals surface area contributed by atoms with Gasteiger partial charge in [-0.3, -0.25) is 4.40 Å². The molecule has 0 amide bonds. The molecular formula is C29H31N3O4. The lowest BCUT2D eigenvalue weighted by molar-refractivity contribution is 0.0728. The van der Waals surface area contributed by atoms with Crippen molar-refractivity contribution < 1.29 is 19.0 Å². The second kappa shape index (κ2) is 10.3. The standard InChI is InChI=1S/C29H31N3O4/c1-19-16-17-32-25(18-19)31-27(28(32)30-20-10-5-4-6-11-20)21-12-7-8-13-22(21)36-29(33)26-23(34-2)14-9-15-24(26)35-3/h7-9,12-18,20,30H,4-6,10-11H2,1-3H3. The molecular weight excluding hydrogens is 454 g/mol. The predicted octanol–water partition coefficient (Wildman–Crippen LogP) is 6.29. The van der Waals surface area contributed by atoms with Gasteiger partial charge in [-0.25, -0.2) is 9.78 Å². The Morgan fingerprint density at radius 3 is 2.36 bits per heavy atom. The summed E-state index contributed by atoms with van der Waals surface area (Å²) in [6.07, 6.45) is 8.02. The number of ether oxygens (including phenoxy) is 3. The molecule has 1 fully saturated rings. The zero-order chi connectivity index (χ0) is 25.1. The maximum absolute atomic E-state index is 13.4. The molecule has 0 radical (unpaired) electrons. The van der Waals surface area contributed by atoms with Gasteiger partial charge in [0.15, 0.2) is 0 Å². The molecule has 36 heavy (non-hydrogen) atoms. The van der Waals surface area contributed by atoms with Crippen molar-refractivity contribution in [2.75, 3.05) is 19.5 Å². The van der Waals surface area contributed by atoms with Gasteiger partial charge in [0.1, 0.15) is 40.0 Å². The lowest BCUT2D eigenvalue weighted by Crippen LogP contribution is -2.23. The summed E-state index contributed by atoms with van der Waals surface area (Å²) >= 11 is 0. The number of pyridine rings is 1. The van der Waals surface area contributed by atoms with E-state index in [9.17, 15) is 4.79 Å². The molecule has 2 aromatic carbocycles. The summed E-state index contributed by atoms with van der Waals surface area (Å²) < 4.78 is 18.9. The molecule has 0 atom stereocenters. The molecule has 5 rings (SSSR count). The Morgan fingerprint density at radius 2 is 1.64 bits per heavy atom. The van der Waals surface area contributed by atoms with Crippen molar-refractivity contribution >= 4 is 17.4 Å². The van der Waals surface area contributed by atoms with Gasteiger partial charge in [-0.1, -0.05) is 37.5 Å². The molecule has 1 aliphatic rings. The third-order valence-corrected chi connectivity index (χ3v) is 6.70. The lowest BCUT2D eigenvalue weighted by atomic mass is 9.95. The average molecular weight is 486 g/mol. The van der Waals surface area contributed by atoms with E-state index in [1.54, 1.807) is 24.3 Å². The highest BCUT2D eigenvalue weighted by Gasteiger charge is 2.25. The van der Waals surface area contributed by atoms with Crippen LogP contribution in [0.1, 0.15) is 48.0 Å². The summed E-state index contributed by atoms with van der Waals surface area (Å²) in [7, 11) is 3.03. The van der Waals surface area contributed by atoms with Crippen molar-refractivity contribution in [3.05, 3.63) is 71.9 Å². The number of aryl methyl sites for hydroxylation is 1. The van der Waals surface area contributed by atoms with Crippen molar-refractivity contribution in [1.29, 1.82) is 0 Å². The zero-order valence-electron chi connectivity index (χ0n) is 20.9. The Labute approximate surface area is 211 Å². The van der Waals surface area contributed by atoms with E-state index >= 15 is 0 Å². The minimum absolute atomic E-state index is 0.239. The maximum atomic E-state index is 13.4. The number of hydrogen-bond donors (Lipinski definition) is 1. The molecule has 0 bridgehead atoms. The van der Waals surface area contributed by atoms with E-state index in [0.717, 1.165) is 41.1 Å². The maximum Gasteiger partial charge on any atom is 0.351 e. The van der Waals surface area contributed by atoms with Crippen LogP contribution in [-0.4, -0.2) is 35.6 Å². The number of hydrogen-bond acceptors (Lipinski definition) is 6. The number of para-hydroxylation sites is 1. The Hall–Kier alpha value is -4.00. The van der Waals surface area contributed by atoms with Crippen LogP contribution in [0.15, 0.2) is 60.8 Å². The fourth-order valence-electron chi connectivity index (χ4n) is 4.87. The van der Waals surface area contributed by atoms with Crippen LogP contribution in [0.3, 0.4) is 0 Å². The van der Waals surface area contributed by atoms with Crippen LogP contribution in [0, 0.1) is 6.92 Å². The van der Waals surface area contributed by atoms with Crippen molar-refractivity contribution in [2.45, 2.75) is 45.1 Å². The molecule has 2 aromatic heterocycles. The van der Waals surface area contributed by atoms with Gasteiger partial charge in [-0.2, -0.15) is 0 Å². The first-order chi connectivity index (χ1) is 17.6. The number of carbonyl (C=O) groups is 1. The summed E-state index contributed by atoms with van der Waals surface area (Å²) in [5, 5.41) is 3.76. The summed E-state index contributed by atoms with van der Waals surface area (Å²) in [5.74, 6) is 1.55. The van der Waals surface area contributed by atoms with Gasteiger partial charge in [0.25, 0.3) is 0 Å². The molecule has 0 saturated heterocycles. The molecule has 7 nitrogen and oxygen atoms in total. The third kappa shape index (κ3) is 4.61. The normalized spacial score (nSPS) is 14.0. The van der Waals surface area contributed by atoms with E-state index in [-0.39, 0.29) is 5.56 Å². The Bertz CT molecular complexity index is 1370.